The summed E-state index contributed by atoms with van der Waals surface area (Å²) >= 11 is 0. The summed E-state index contributed by atoms with van der Waals surface area (Å²) in [6, 6.07) is 0. The Labute approximate surface area is 79.5 Å². The van der Waals surface area contributed by atoms with E-state index in [0.717, 1.165) is 19.3 Å². The maximum Gasteiger partial charge on any atom is 0.0876 e. The third-order valence-corrected chi connectivity index (χ3v) is 4.07. The van der Waals surface area contributed by atoms with Gasteiger partial charge in [-0.15, -0.1) is 0 Å². The Hall–Kier alpha value is -0.120. The van der Waals surface area contributed by atoms with Gasteiger partial charge in [0, 0.05) is 25.5 Å². The number of nitrogens with one attached hydrogen (secondary N) is 1. The van der Waals surface area contributed by atoms with Crippen LogP contribution in [0.1, 0.15) is 25.7 Å². The van der Waals surface area contributed by atoms with Gasteiger partial charge < -0.3 is 15.2 Å². The lowest BCUT2D eigenvalue weighted by Gasteiger charge is -2.65. The maximum atomic E-state index is 10.3. The van der Waals surface area contributed by atoms with Crippen LogP contribution in [0.3, 0.4) is 0 Å². The molecule has 0 aromatic carbocycles. The Balaban J connectivity index is 2.08. The van der Waals surface area contributed by atoms with E-state index in [2.05, 4.69) is 5.32 Å². The van der Waals surface area contributed by atoms with Gasteiger partial charge in [0.05, 0.1) is 11.7 Å². The molecule has 3 nitrogen and oxygen atoms in total. The van der Waals surface area contributed by atoms with Gasteiger partial charge in [0.15, 0.2) is 0 Å². The number of hydrogen-bond acceptors (Lipinski definition) is 3. The second-order valence-electron chi connectivity index (χ2n) is 4.50. The van der Waals surface area contributed by atoms with E-state index in [9.17, 15) is 5.11 Å². The summed E-state index contributed by atoms with van der Waals surface area (Å²) in [6.07, 6.45) is 4.59. The molecule has 76 valence electrons. The fraction of sp³-hybridized carbons (Fsp3) is 1.00. The van der Waals surface area contributed by atoms with Crippen LogP contribution in [0.4, 0.5) is 0 Å². The summed E-state index contributed by atoms with van der Waals surface area (Å²) in [5.74, 6) is 0. The van der Waals surface area contributed by atoms with Crippen molar-refractivity contribution in [3.8, 4) is 0 Å². The van der Waals surface area contributed by atoms with Crippen molar-refractivity contribution in [2.45, 2.75) is 37.4 Å². The zero-order chi connectivity index (χ0) is 9.53. The number of likely N-dealkylation sites (N-methyl/N-ethyl adjacent to an activating group) is 1. The quantitative estimate of drug-likeness (QED) is 0.674. The highest BCUT2D eigenvalue weighted by Gasteiger charge is 2.67. The average Bonchev–Trinajstić information content (AvgIpc) is 1.97. The molecule has 13 heavy (non-hydrogen) atoms. The first-order chi connectivity index (χ1) is 6.18. The molecule has 3 heteroatoms. The van der Waals surface area contributed by atoms with Gasteiger partial charge >= 0.3 is 0 Å². The number of rotatable bonds is 3. The summed E-state index contributed by atoms with van der Waals surface area (Å²) < 4.78 is 5.40. The van der Waals surface area contributed by atoms with E-state index in [1.54, 1.807) is 7.11 Å². The minimum atomic E-state index is -0.499. The van der Waals surface area contributed by atoms with Gasteiger partial charge in [-0.2, -0.15) is 0 Å². The van der Waals surface area contributed by atoms with Crippen LogP contribution in [0.15, 0.2) is 0 Å². The summed E-state index contributed by atoms with van der Waals surface area (Å²) in [5.41, 5.74) is -0.411. The van der Waals surface area contributed by atoms with Crippen LogP contribution in [0.2, 0.25) is 0 Å². The molecular formula is C10H19NO2. The summed E-state index contributed by atoms with van der Waals surface area (Å²) in [6.45, 7) is 0.701. The Morgan fingerprint density at radius 2 is 2.23 bits per heavy atom. The molecule has 2 aliphatic carbocycles. The summed E-state index contributed by atoms with van der Waals surface area (Å²) in [5, 5.41) is 13.4. The SMILES string of the molecule is CNCC1(O)CC(OC)C12CCC2. The minimum Gasteiger partial charge on any atom is -0.388 e. The first kappa shape index (κ1) is 9.44. The highest BCUT2D eigenvalue weighted by molar-refractivity contribution is 5.18. The van der Waals surface area contributed by atoms with E-state index in [-0.39, 0.29) is 5.41 Å². The highest BCUT2D eigenvalue weighted by atomic mass is 16.5. The first-order valence-corrected chi connectivity index (χ1v) is 5.08. The second kappa shape index (κ2) is 2.94. The molecule has 0 aliphatic heterocycles. The molecule has 2 fully saturated rings. The highest BCUT2D eigenvalue weighted by Crippen LogP contribution is 2.62. The van der Waals surface area contributed by atoms with Crippen molar-refractivity contribution in [1.29, 1.82) is 0 Å². The van der Waals surface area contributed by atoms with Gasteiger partial charge in [-0.1, -0.05) is 6.42 Å². The van der Waals surface area contributed by atoms with Crippen molar-refractivity contribution in [2.75, 3.05) is 20.7 Å². The topological polar surface area (TPSA) is 41.5 Å². The molecule has 0 bridgehead atoms. The fourth-order valence-electron chi connectivity index (χ4n) is 3.07. The minimum absolute atomic E-state index is 0.0881. The van der Waals surface area contributed by atoms with E-state index >= 15 is 0 Å². The average molecular weight is 185 g/mol. The normalized spacial score (nSPS) is 41.3. The molecule has 2 N–H and O–H groups in total. The molecule has 0 amide bonds. The van der Waals surface area contributed by atoms with Crippen LogP contribution >= 0.6 is 0 Å². The van der Waals surface area contributed by atoms with Crippen LogP contribution in [0.25, 0.3) is 0 Å². The van der Waals surface area contributed by atoms with Crippen LogP contribution in [-0.4, -0.2) is 37.5 Å². The monoisotopic (exact) mass is 185 g/mol. The van der Waals surface area contributed by atoms with Crippen molar-refractivity contribution < 1.29 is 9.84 Å². The van der Waals surface area contributed by atoms with Crippen molar-refractivity contribution in [1.82, 2.24) is 5.32 Å². The van der Waals surface area contributed by atoms with Crippen molar-refractivity contribution in [3.63, 3.8) is 0 Å². The molecule has 0 radical (unpaired) electrons. The Bertz CT molecular complexity index is 203. The Morgan fingerprint density at radius 1 is 1.54 bits per heavy atom. The molecule has 1 spiro atoms. The molecule has 2 aliphatic rings. The molecule has 0 saturated heterocycles. The number of hydrogen-bond donors (Lipinski definition) is 2. The zero-order valence-electron chi connectivity index (χ0n) is 8.47. The lowest BCUT2D eigenvalue weighted by Crippen LogP contribution is -2.73. The molecule has 2 rings (SSSR count). The van der Waals surface area contributed by atoms with Gasteiger partial charge in [-0.25, -0.2) is 0 Å². The standard InChI is InChI=1S/C10H19NO2/c1-11-7-10(12)6-8(13-2)9(10)4-3-5-9/h8,11-12H,3-7H2,1-2H3. The van der Waals surface area contributed by atoms with Gasteiger partial charge in [0.25, 0.3) is 0 Å². The maximum absolute atomic E-state index is 10.3. The lowest BCUT2D eigenvalue weighted by molar-refractivity contribution is -0.278. The van der Waals surface area contributed by atoms with Crippen LogP contribution in [0, 0.1) is 5.41 Å². The van der Waals surface area contributed by atoms with Crippen LogP contribution in [0.5, 0.6) is 0 Å². The Kier molecular flexibility index (Phi) is 2.13. The van der Waals surface area contributed by atoms with E-state index in [1.165, 1.54) is 6.42 Å². The molecule has 0 aromatic heterocycles. The van der Waals surface area contributed by atoms with Gasteiger partial charge in [0.2, 0.25) is 0 Å². The molecule has 0 heterocycles. The predicted molar refractivity (Wildman–Crippen MR) is 50.6 cm³/mol. The third kappa shape index (κ3) is 1.01. The largest absolute Gasteiger partial charge is 0.388 e. The Morgan fingerprint density at radius 3 is 2.62 bits per heavy atom. The van der Waals surface area contributed by atoms with E-state index in [1.807, 2.05) is 7.05 Å². The molecule has 2 atom stereocenters. The molecule has 2 saturated carbocycles. The lowest BCUT2D eigenvalue weighted by atomic mass is 9.45. The first-order valence-electron chi connectivity index (χ1n) is 5.08. The molecule has 0 aromatic rings. The number of ether oxygens (including phenoxy) is 1. The van der Waals surface area contributed by atoms with Gasteiger partial charge in [-0.3, -0.25) is 0 Å². The summed E-state index contributed by atoms with van der Waals surface area (Å²) in [4.78, 5) is 0. The number of aliphatic hydroxyl groups is 1. The van der Waals surface area contributed by atoms with Gasteiger partial charge in [0.1, 0.15) is 0 Å². The smallest absolute Gasteiger partial charge is 0.0876 e. The summed E-state index contributed by atoms with van der Waals surface area (Å²) in [7, 11) is 3.65. The van der Waals surface area contributed by atoms with Crippen molar-refractivity contribution >= 4 is 0 Å². The van der Waals surface area contributed by atoms with Crippen LogP contribution in [-0.2, 0) is 4.74 Å². The number of methoxy groups -OCH3 is 1. The fourth-order valence-corrected chi connectivity index (χ4v) is 3.07. The molecule has 2 unspecified atom stereocenters. The zero-order valence-corrected chi connectivity index (χ0v) is 8.47. The second-order valence-corrected chi connectivity index (χ2v) is 4.50. The van der Waals surface area contributed by atoms with Crippen molar-refractivity contribution in [3.05, 3.63) is 0 Å². The van der Waals surface area contributed by atoms with E-state index < -0.39 is 5.60 Å². The third-order valence-electron chi connectivity index (χ3n) is 4.07. The van der Waals surface area contributed by atoms with Crippen LogP contribution < -0.4 is 5.32 Å². The predicted octanol–water partition coefficient (Wildman–Crippen LogP) is 0.526. The van der Waals surface area contributed by atoms with E-state index in [4.69, 9.17) is 4.74 Å². The van der Waals surface area contributed by atoms with Crippen molar-refractivity contribution in [2.24, 2.45) is 5.41 Å². The van der Waals surface area contributed by atoms with E-state index in [0.29, 0.717) is 12.6 Å². The van der Waals surface area contributed by atoms with Gasteiger partial charge in [-0.05, 0) is 19.9 Å². The molecular weight excluding hydrogens is 166 g/mol.